The number of halogens is 3. The number of hydrogen-bond acceptors (Lipinski definition) is 3. The molecule has 1 heterocycles. The fourth-order valence-corrected chi connectivity index (χ4v) is 3.67. The van der Waals surface area contributed by atoms with Gasteiger partial charge in [0.1, 0.15) is 6.10 Å². The van der Waals surface area contributed by atoms with Crippen molar-refractivity contribution in [2.45, 2.75) is 18.9 Å². The Hall–Kier alpha value is -1.30. The van der Waals surface area contributed by atoms with Crippen LogP contribution in [0.1, 0.15) is 30.1 Å². The minimum absolute atomic E-state index is 0. The largest absolute Gasteiger partial charge is 0.481 e. The van der Waals surface area contributed by atoms with Crippen LogP contribution in [0, 0.1) is 5.92 Å². The van der Waals surface area contributed by atoms with Gasteiger partial charge >= 0.3 is 5.97 Å². The summed E-state index contributed by atoms with van der Waals surface area (Å²) in [5.74, 6) is -0.983. The summed E-state index contributed by atoms with van der Waals surface area (Å²) in [6, 6.07) is 15.3. The van der Waals surface area contributed by atoms with E-state index in [9.17, 15) is 9.90 Å². The standard InChI is InChI=1S/C21H23Cl2NO3.ClH/c22-18-7-3-15(4-8-18)20(16-5-9-19(23)10-6-16)27-13-12-24-11-1-2-17(14-24)21(25)26;/h3-10,17,20H,1-2,11-14H2,(H,25,26);1H/t17-;/m0./s1. The van der Waals surface area contributed by atoms with Crippen LogP contribution in [0.25, 0.3) is 0 Å². The third-order valence-electron chi connectivity index (χ3n) is 4.89. The molecule has 4 nitrogen and oxygen atoms in total. The molecule has 0 spiro atoms. The van der Waals surface area contributed by atoms with Crippen LogP contribution in [0.5, 0.6) is 0 Å². The van der Waals surface area contributed by atoms with Crippen molar-refractivity contribution in [1.82, 2.24) is 4.90 Å². The van der Waals surface area contributed by atoms with E-state index < -0.39 is 5.97 Å². The Labute approximate surface area is 181 Å². The molecule has 0 aliphatic carbocycles. The lowest BCUT2D eigenvalue weighted by molar-refractivity contribution is -0.143. The number of carbonyl (C=O) groups is 1. The van der Waals surface area contributed by atoms with Crippen LogP contribution in [-0.2, 0) is 9.53 Å². The number of carboxylic acid groups (broad SMARTS) is 1. The van der Waals surface area contributed by atoms with E-state index in [4.69, 9.17) is 27.9 Å². The second-order valence-electron chi connectivity index (χ2n) is 6.83. The molecule has 1 aliphatic rings. The number of ether oxygens (including phenoxy) is 1. The number of likely N-dealkylation sites (tertiary alicyclic amines) is 1. The average Bonchev–Trinajstić information content (AvgIpc) is 2.67. The SMILES string of the molecule is Cl.O=C(O)[C@H]1CCCN(CCOC(c2ccc(Cl)cc2)c2ccc(Cl)cc2)C1. The number of carboxylic acids is 1. The van der Waals surface area contributed by atoms with E-state index in [0.717, 1.165) is 30.5 Å². The maximum absolute atomic E-state index is 11.2. The van der Waals surface area contributed by atoms with Crippen molar-refractivity contribution in [3.63, 3.8) is 0 Å². The lowest BCUT2D eigenvalue weighted by atomic mass is 9.98. The average molecular weight is 445 g/mol. The van der Waals surface area contributed by atoms with Crippen LogP contribution in [0.2, 0.25) is 10.0 Å². The van der Waals surface area contributed by atoms with Crippen LogP contribution in [0.4, 0.5) is 0 Å². The highest BCUT2D eigenvalue weighted by Crippen LogP contribution is 2.28. The molecule has 2 aromatic rings. The van der Waals surface area contributed by atoms with Crippen LogP contribution < -0.4 is 0 Å². The van der Waals surface area contributed by atoms with E-state index in [1.165, 1.54) is 0 Å². The van der Waals surface area contributed by atoms with E-state index >= 15 is 0 Å². The zero-order valence-corrected chi connectivity index (χ0v) is 17.7. The molecule has 1 aliphatic heterocycles. The number of benzene rings is 2. The third kappa shape index (κ3) is 6.36. The summed E-state index contributed by atoms with van der Waals surface area (Å²) in [7, 11) is 0. The molecule has 2 aromatic carbocycles. The molecule has 0 radical (unpaired) electrons. The molecule has 0 unspecified atom stereocenters. The van der Waals surface area contributed by atoms with Crippen molar-refractivity contribution in [1.29, 1.82) is 0 Å². The van der Waals surface area contributed by atoms with Gasteiger partial charge in [-0.1, -0.05) is 47.5 Å². The lowest BCUT2D eigenvalue weighted by Crippen LogP contribution is -2.40. The van der Waals surface area contributed by atoms with Crippen LogP contribution >= 0.6 is 35.6 Å². The zero-order chi connectivity index (χ0) is 19.2. The first-order valence-electron chi connectivity index (χ1n) is 9.10. The Balaban J connectivity index is 0.00000280. The molecule has 152 valence electrons. The predicted octanol–water partition coefficient (Wildman–Crippen LogP) is 5.32. The van der Waals surface area contributed by atoms with Crippen molar-refractivity contribution >= 4 is 41.6 Å². The fourth-order valence-electron chi connectivity index (χ4n) is 3.42. The fraction of sp³-hybridized carbons (Fsp3) is 0.381. The van der Waals surface area contributed by atoms with Gasteiger partial charge in [0.2, 0.25) is 0 Å². The van der Waals surface area contributed by atoms with Gasteiger partial charge in [-0.2, -0.15) is 0 Å². The summed E-state index contributed by atoms with van der Waals surface area (Å²) in [5.41, 5.74) is 2.03. The summed E-state index contributed by atoms with van der Waals surface area (Å²) in [6.45, 7) is 2.73. The van der Waals surface area contributed by atoms with E-state index in [0.29, 0.717) is 29.7 Å². The molecular formula is C21H24Cl3NO3. The Morgan fingerprint density at radius 3 is 2.11 bits per heavy atom. The third-order valence-corrected chi connectivity index (χ3v) is 5.40. The Morgan fingerprint density at radius 1 is 1.07 bits per heavy atom. The van der Waals surface area contributed by atoms with Gasteiger partial charge < -0.3 is 14.7 Å². The molecule has 7 heteroatoms. The van der Waals surface area contributed by atoms with Gasteiger partial charge in [-0.3, -0.25) is 4.79 Å². The van der Waals surface area contributed by atoms with Gasteiger partial charge in [-0.05, 0) is 54.8 Å². The van der Waals surface area contributed by atoms with Crippen molar-refractivity contribution in [3.8, 4) is 0 Å². The molecule has 1 atom stereocenters. The molecule has 1 saturated heterocycles. The van der Waals surface area contributed by atoms with Gasteiger partial charge in [-0.15, -0.1) is 12.4 Å². The van der Waals surface area contributed by atoms with E-state index in [1.54, 1.807) is 0 Å². The van der Waals surface area contributed by atoms with E-state index in [1.807, 2.05) is 48.5 Å². The highest BCUT2D eigenvalue weighted by molar-refractivity contribution is 6.30. The highest BCUT2D eigenvalue weighted by atomic mass is 35.5. The summed E-state index contributed by atoms with van der Waals surface area (Å²) in [6.07, 6.45) is 1.44. The second kappa shape index (κ2) is 11.0. The second-order valence-corrected chi connectivity index (χ2v) is 7.70. The number of nitrogens with zero attached hydrogens (tertiary/aromatic N) is 1. The zero-order valence-electron chi connectivity index (χ0n) is 15.4. The highest BCUT2D eigenvalue weighted by Gasteiger charge is 2.25. The Kier molecular flexibility index (Phi) is 9.06. The van der Waals surface area contributed by atoms with Crippen LogP contribution in [0.15, 0.2) is 48.5 Å². The minimum atomic E-state index is -0.708. The van der Waals surface area contributed by atoms with Crippen molar-refractivity contribution in [2.75, 3.05) is 26.2 Å². The topological polar surface area (TPSA) is 49.8 Å². The first kappa shape index (κ1) is 23.0. The maximum atomic E-state index is 11.2. The van der Waals surface area contributed by atoms with Gasteiger partial charge in [0.05, 0.1) is 12.5 Å². The molecule has 1 fully saturated rings. The first-order chi connectivity index (χ1) is 13.0. The smallest absolute Gasteiger partial charge is 0.307 e. The Bertz CT molecular complexity index is 707. The minimum Gasteiger partial charge on any atom is -0.481 e. The molecule has 3 rings (SSSR count). The summed E-state index contributed by atoms with van der Waals surface area (Å²) < 4.78 is 6.22. The molecule has 0 amide bonds. The molecule has 0 saturated carbocycles. The Morgan fingerprint density at radius 2 is 1.61 bits per heavy atom. The molecular weight excluding hydrogens is 421 g/mol. The van der Waals surface area contributed by atoms with Gasteiger partial charge in [0.15, 0.2) is 0 Å². The van der Waals surface area contributed by atoms with Crippen molar-refractivity contribution in [3.05, 3.63) is 69.7 Å². The number of hydrogen-bond donors (Lipinski definition) is 1. The van der Waals surface area contributed by atoms with Crippen LogP contribution in [-0.4, -0.2) is 42.2 Å². The summed E-state index contributed by atoms with van der Waals surface area (Å²) >= 11 is 12.0. The predicted molar refractivity (Wildman–Crippen MR) is 115 cm³/mol. The first-order valence-corrected chi connectivity index (χ1v) is 9.86. The maximum Gasteiger partial charge on any atom is 0.307 e. The monoisotopic (exact) mass is 443 g/mol. The quantitative estimate of drug-likeness (QED) is 0.628. The van der Waals surface area contributed by atoms with Gasteiger partial charge in [0.25, 0.3) is 0 Å². The number of rotatable bonds is 7. The number of piperidine rings is 1. The lowest BCUT2D eigenvalue weighted by Gasteiger charge is -2.31. The van der Waals surface area contributed by atoms with E-state index in [-0.39, 0.29) is 24.4 Å². The molecule has 28 heavy (non-hydrogen) atoms. The summed E-state index contributed by atoms with van der Waals surface area (Å²) in [5, 5.41) is 10.6. The molecule has 1 N–H and O–H groups in total. The molecule has 0 bridgehead atoms. The summed E-state index contributed by atoms with van der Waals surface area (Å²) in [4.78, 5) is 13.4. The van der Waals surface area contributed by atoms with Crippen LogP contribution in [0.3, 0.4) is 0 Å². The van der Waals surface area contributed by atoms with E-state index in [2.05, 4.69) is 4.90 Å². The normalized spacial score (nSPS) is 17.3. The van der Waals surface area contributed by atoms with Crippen molar-refractivity contribution in [2.24, 2.45) is 5.92 Å². The van der Waals surface area contributed by atoms with Gasteiger partial charge in [0, 0.05) is 23.1 Å². The van der Waals surface area contributed by atoms with Crippen molar-refractivity contribution < 1.29 is 14.6 Å². The molecule has 0 aromatic heterocycles. The van der Waals surface area contributed by atoms with Gasteiger partial charge in [-0.25, -0.2) is 0 Å². The number of aliphatic carboxylic acids is 1.